The first-order valence-corrected chi connectivity index (χ1v) is 8.21. The van der Waals surface area contributed by atoms with Gasteiger partial charge < -0.3 is 5.32 Å². The highest BCUT2D eigenvalue weighted by molar-refractivity contribution is 9.10. The second-order valence-electron chi connectivity index (χ2n) is 4.51. The molecule has 1 fully saturated rings. The van der Waals surface area contributed by atoms with Crippen LogP contribution in [0.5, 0.6) is 0 Å². The van der Waals surface area contributed by atoms with Gasteiger partial charge in [0.25, 0.3) is 0 Å². The molecule has 104 valence electrons. The van der Waals surface area contributed by atoms with Crippen LogP contribution in [0.15, 0.2) is 27.6 Å². The number of hydrogen-bond donors (Lipinski definition) is 2. The van der Waals surface area contributed by atoms with E-state index in [-0.39, 0.29) is 16.7 Å². The maximum absolute atomic E-state index is 12.2. The Morgan fingerprint density at radius 1 is 1.47 bits per heavy atom. The first-order valence-electron chi connectivity index (χ1n) is 5.94. The van der Waals surface area contributed by atoms with Gasteiger partial charge in [-0.05, 0) is 38.1 Å². The van der Waals surface area contributed by atoms with Crippen molar-refractivity contribution < 1.29 is 13.2 Å². The molecule has 2 rings (SSSR count). The van der Waals surface area contributed by atoms with Crippen LogP contribution < -0.4 is 10.0 Å². The summed E-state index contributed by atoms with van der Waals surface area (Å²) in [6.07, 6.45) is 0.773. The minimum absolute atomic E-state index is 0.0885. The molecule has 0 saturated carbocycles. The summed E-state index contributed by atoms with van der Waals surface area (Å²) in [7, 11) is -3.58. The van der Waals surface area contributed by atoms with Crippen molar-refractivity contribution in [1.29, 1.82) is 0 Å². The van der Waals surface area contributed by atoms with Crippen molar-refractivity contribution in [3.05, 3.63) is 28.2 Å². The number of halogens is 1. The zero-order valence-electron chi connectivity index (χ0n) is 10.4. The van der Waals surface area contributed by atoms with Gasteiger partial charge in [-0.2, -0.15) is 0 Å². The fourth-order valence-corrected chi connectivity index (χ4v) is 3.81. The monoisotopic (exact) mass is 346 g/mol. The van der Waals surface area contributed by atoms with Crippen molar-refractivity contribution >= 4 is 31.7 Å². The first-order chi connectivity index (χ1) is 8.90. The lowest BCUT2D eigenvalue weighted by Gasteiger charge is -2.13. The van der Waals surface area contributed by atoms with Gasteiger partial charge in [-0.3, -0.25) is 4.79 Å². The van der Waals surface area contributed by atoms with Crippen LogP contribution in [0.3, 0.4) is 0 Å². The van der Waals surface area contributed by atoms with Crippen LogP contribution in [-0.2, 0) is 10.0 Å². The number of Topliss-reactive ketones (excluding diaryl/α,β-unsaturated/α-hetero) is 1. The smallest absolute Gasteiger partial charge is 0.240 e. The lowest BCUT2D eigenvalue weighted by Crippen LogP contribution is -2.36. The third-order valence-corrected chi connectivity index (χ3v) is 5.22. The molecule has 1 aliphatic rings. The predicted molar refractivity (Wildman–Crippen MR) is 75.7 cm³/mol. The molecule has 0 radical (unpaired) electrons. The topological polar surface area (TPSA) is 75.3 Å². The van der Waals surface area contributed by atoms with Gasteiger partial charge in [0.05, 0.1) is 4.90 Å². The molecule has 1 atom stereocenters. The van der Waals surface area contributed by atoms with E-state index in [0.717, 1.165) is 13.0 Å². The van der Waals surface area contributed by atoms with Crippen LogP contribution in [0.1, 0.15) is 23.7 Å². The Labute approximate surface area is 121 Å². The molecule has 0 amide bonds. The lowest BCUT2D eigenvalue weighted by molar-refractivity contribution is 0.101. The Hall–Kier alpha value is -0.760. The Morgan fingerprint density at radius 3 is 2.79 bits per heavy atom. The highest BCUT2D eigenvalue weighted by Gasteiger charge is 2.23. The molecule has 0 spiro atoms. The molecule has 1 aliphatic heterocycles. The highest BCUT2D eigenvalue weighted by atomic mass is 79.9. The molecule has 5 nitrogen and oxygen atoms in total. The van der Waals surface area contributed by atoms with Crippen molar-refractivity contribution in [1.82, 2.24) is 10.0 Å². The van der Waals surface area contributed by atoms with Crippen molar-refractivity contribution in [3.8, 4) is 0 Å². The maximum Gasteiger partial charge on any atom is 0.240 e. The number of carbonyl (C=O) groups is 1. The average molecular weight is 347 g/mol. The molecule has 1 heterocycles. The average Bonchev–Trinajstić information content (AvgIpc) is 2.80. The number of benzene rings is 1. The van der Waals surface area contributed by atoms with E-state index in [9.17, 15) is 13.2 Å². The zero-order valence-corrected chi connectivity index (χ0v) is 12.8. The van der Waals surface area contributed by atoms with E-state index >= 15 is 0 Å². The first kappa shape index (κ1) is 14.6. The van der Waals surface area contributed by atoms with E-state index in [4.69, 9.17) is 0 Å². The lowest BCUT2D eigenvalue weighted by atomic mass is 10.1. The van der Waals surface area contributed by atoms with Gasteiger partial charge >= 0.3 is 0 Å². The number of sulfonamides is 1. The molecule has 7 heteroatoms. The van der Waals surface area contributed by atoms with Gasteiger partial charge in [0, 0.05) is 22.6 Å². The van der Waals surface area contributed by atoms with E-state index in [1.54, 1.807) is 6.07 Å². The van der Waals surface area contributed by atoms with Crippen molar-refractivity contribution in [2.75, 3.05) is 13.1 Å². The van der Waals surface area contributed by atoms with Gasteiger partial charge in [0.1, 0.15) is 0 Å². The molecule has 0 aromatic heterocycles. The van der Waals surface area contributed by atoms with Crippen LogP contribution >= 0.6 is 15.9 Å². The normalized spacial score (nSPS) is 19.6. The van der Waals surface area contributed by atoms with Crippen molar-refractivity contribution in [2.45, 2.75) is 24.3 Å². The van der Waals surface area contributed by atoms with Gasteiger partial charge in [0.2, 0.25) is 10.0 Å². The minimum Gasteiger partial charge on any atom is -0.315 e. The Balaban J connectivity index is 2.29. The number of nitrogens with one attached hydrogen (secondary N) is 2. The van der Waals surface area contributed by atoms with Crippen LogP contribution in [0.2, 0.25) is 0 Å². The molecular weight excluding hydrogens is 332 g/mol. The largest absolute Gasteiger partial charge is 0.315 e. The summed E-state index contributed by atoms with van der Waals surface area (Å²) in [5.74, 6) is -0.175. The van der Waals surface area contributed by atoms with E-state index < -0.39 is 10.0 Å². The van der Waals surface area contributed by atoms with E-state index in [1.165, 1.54) is 19.1 Å². The van der Waals surface area contributed by atoms with E-state index in [2.05, 4.69) is 26.0 Å². The summed E-state index contributed by atoms with van der Waals surface area (Å²) in [6.45, 7) is 2.85. The van der Waals surface area contributed by atoms with Crippen molar-refractivity contribution in [2.24, 2.45) is 0 Å². The fraction of sp³-hybridized carbons (Fsp3) is 0.417. The Kier molecular flexibility index (Phi) is 4.39. The Morgan fingerprint density at radius 2 is 2.21 bits per heavy atom. The predicted octanol–water partition coefficient (Wildman–Crippen LogP) is 1.29. The van der Waals surface area contributed by atoms with Gasteiger partial charge in [-0.25, -0.2) is 13.1 Å². The molecule has 1 aromatic carbocycles. The maximum atomic E-state index is 12.2. The van der Waals surface area contributed by atoms with Gasteiger partial charge in [-0.15, -0.1) is 0 Å². The second kappa shape index (κ2) is 5.70. The van der Waals surface area contributed by atoms with Gasteiger partial charge in [0.15, 0.2) is 5.78 Å². The minimum atomic E-state index is -3.58. The zero-order chi connectivity index (χ0) is 14.0. The summed E-state index contributed by atoms with van der Waals surface area (Å²) in [5, 5.41) is 3.10. The Bertz CT molecular complexity index is 595. The molecule has 0 aliphatic carbocycles. The van der Waals surface area contributed by atoms with Crippen LogP contribution in [-0.4, -0.2) is 33.3 Å². The molecule has 2 N–H and O–H groups in total. The standard InChI is InChI=1S/C12H15BrN2O3S/c1-8(16)11-6-10(2-3-12(11)13)19(17,18)15-9-4-5-14-7-9/h2-3,6,9,14-15H,4-5,7H2,1H3/t9-/m0/s1. The highest BCUT2D eigenvalue weighted by Crippen LogP contribution is 2.22. The number of carbonyl (C=O) groups excluding carboxylic acids is 1. The summed E-state index contributed by atoms with van der Waals surface area (Å²) in [6, 6.07) is 4.38. The number of hydrogen-bond acceptors (Lipinski definition) is 4. The number of ketones is 1. The van der Waals surface area contributed by atoms with Crippen LogP contribution in [0, 0.1) is 0 Å². The summed E-state index contributed by atoms with van der Waals surface area (Å²) >= 11 is 3.24. The molecule has 0 unspecified atom stereocenters. The molecular formula is C12H15BrN2O3S. The molecule has 1 aromatic rings. The second-order valence-corrected chi connectivity index (χ2v) is 7.08. The van der Waals surface area contributed by atoms with Crippen LogP contribution in [0.25, 0.3) is 0 Å². The van der Waals surface area contributed by atoms with Crippen molar-refractivity contribution in [3.63, 3.8) is 0 Å². The fourth-order valence-electron chi connectivity index (χ4n) is 1.98. The van der Waals surface area contributed by atoms with E-state index in [0.29, 0.717) is 16.6 Å². The third-order valence-electron chi connectivity index (χ3n) is 3.01. The molecule has 19 heavy (non-hydrogen) atoms. The summed E-state index contributed by atoms with van der Waals surface area (Å²) in [4.78, 5) is 11.6. The SMILES string of the molecule is CC(=O)c1cc(S(=O)(=O)N[C@H]2CCNC2)ccc1Br. The van der Waals surface area contributed by atoms with Crippen LogP contribution in [0.4, 0.5) is 0 Å². The molecule has 1 saturated heterocycles. The third kappa shape index (κ3) is 3.42. The quantitative estimate of drug-likeness (QED) is 0.805. The van der Waals surface area contributed by atoms with E-state index in [1.807, 2.05) is 0 Å². The summed E-state index contributed by atoms with van der Waals surface area (Å²) in [5.41, 5.74) is 0.368. The number of rotatable bonds is 4. The molecule has 0 bridgehead atoms. The van der Waals surface area contributed by atoms with Gasteiger partial charge in [-0.1, -0.05) is 15.9 Å². The summed E-state index contributed by atoms with van der Waals surface area (Å²) < 4.78 is 27.7.